The molecule has 0 aliphatic carbocycles. The normalized spacial score (nSPS) is 13.6. The van der Waals surface area contributed by atoms with E-state index in [2.05, 4.69) is 76.7 Å². The van der Waals surface area contributed by atoms with E-state index in [0.717, 1.165) is 12.6 Å². The first kappa shape index (κ1) is 16.8. The lowest BCUT2D eigenvalue weighted by molar-refractivity contribution is 1.10. The SMILES string of the molecule is C=C(c1c(C)cc(C)cc1C)P(=C)(CCC)c1ccccc1. The predicted octanol–water partition coefficient (Wildman–Crippen LogP) is 5.77. The Morgan fingerprint density at radius 3 is 2.05 bits per heavy atom. The van der Waals surface area contributed by atoms with E-state index >= 15 is 0 Å². The molecule has 0 fully saturated rings. The average Bonchev–Trinajstić information content (AvgIpc) is 2.47. The molecule has 0 saturated carbocycles. The second-order valence-corrected chi connectivity index (χ2v) is 9.69. The lowest BCUT2D eigenvalue weighted by Gasteiger charge is -2.29. The maximum atomic E-state index is 4.72. The van der Waals surface area contributed by atoms with Gasteiger partial charge in [0, 0.05) is 0 Å². The maximum Gasteiger partial charge on any atom is -0.0124 e. The molecule has 0 aliphatic rings. The third-order valence-corrected chi connectivity index (χ3v) is 8.09. The van der Waals surface area contributed by atoms with Gasteiger partial charge in [-0.25, -0.2) is 0 Å². The van der Waals surface area contributed by atoms with Gasteiger partial charge >= 0.3 is 0 Å². The zero-order valence-electron chi connectivity index (χ0n) is 14.3. The van der Waals surface area contributed by atoms with Gasteiger partial charge in [-0.3, -0.25) is 0 Å². The molecule has 116 valence electrons. The van der Waals surface area contributed by atoms with Crippen LogP contribution in [0.25, 0.3) is 5.31 Å². The van der Waals surface area contributed by atoms with Crippen LogP contribution in [-0.4, -0.2) is 12.5 Å². The molecule has 0 radical (unpaired) electrons. The van der Waals surface area contributed by atoms with Crippen LogP contribution in [0.4, 0.5) is 0 Å². The van der Waals surface area contributed by atoms with Crippen LogP contribution in [0.3, 0.4) is 0 Å². The largest absolute Gasteiger partial charge is 0.0926 e. The van der Waals surface area contributed by atoms with Gasteiger partial charge in [0.15, 0.2) is 0 Å². The Morgan fingerprint density at radius 1 is 1.00 bits per heavy atom. The highest BCUT2D eigenvalue weighted by Gasteiger charge is 2.23. The summed E-state index contributed by atoms with van der Waals surface area (Å²) in [5.41, 5.74) is 5.28. The smallest absolute Gasteiger partial charge is 0.0124 e. The van der Waals surface area contributed by atoms with E-state index in [4.69, 9.17) is 6.30 Å². The van der Waals surface area contributed by atoms with Crippen LogP contribution in [0.2, 0.25) is 0 Å². The van der Waals surface area contributed by atoms with Crippen molar-refractivity contribution in [3.05, 3.63) is 71.3 Å². The van der Waals surface area contributed by atoms with E-state index < -0.39 is 6.89 Å². The van der Waals surface area contributed by atoms with Gasteiger partial charge in [0.25, 0.3) is 0 Å². The van der Waals surface area contributed by atoms with Crippen molar-refractivity contribution in [2.75, 3.05) is 6.16 Å². The number of aryl methyl sites for hydroxylation is 3. The van der Waals surface area contributed by atoms with Gasteiger partial charge in [-0.05, 0) is 54.2 Å². The molecule has 2 aromatic carbocycles. The number of hydrogen-bond acceptors (Lipinski definition) is 0. The van der Waals surface area contributed by atoms with Crippen molar-refractivity contribution in [3.63, 3.8) is 0 Å². The van der Waals surface area contributed by atoms with Gasteiger partial charge in [0.2, 0.25) is 0 Å². The van der Waals surface area contributed by atoms with Gasteiger partial charge in [0.1, 0.15) is 0 Å². The van der Waals surface area contributed by atoms with Crippen molar-refractivity contribution in [2.45, 2.75) is 34.1 Å². The first-order valence-corrected chi connectivity index (χ1v) is 10.1. The summed E-state index contributed by atoms with van der Waals surface area (Å²) >= 11 is 0. The van der Waals surface area contributed by atoms with Crippen molar-refractivity contribution in [3.8, 4) is 0 Å². The molecule has 0 aliphatic heterocycles. The summed E-state index contributed by atoms with van der Waals surface area (Å²) in [6, 6.07) is 15.3. The summed E-state index contributed by atoms with van der Waals surface area (Å²) in [6.07, 6.45) is 6.97. The lowest BCUT2D eigenvalue weighted by Crippen LogP contribution is -2.10. The zero-order valence-corrected chi connectivity index (χ0v) is 15.2. The minimum absolute atomic E-state index is 1.11. The van der Waals surface area contributed by atoms with Crippen LogP contribution < -0.4 is 5.30 Å². The summed E-state index contributed by atoms with van der Waals surface area (Å²) < 4.78 is 0. The Bertz CT molecular complexity index is 700. The third kappa shape index (κ3) is 3.13. The molecule has 0 N–H and O–H groups in total. The quantitative estimate of drug-likeness (QED) is 0.615. The fourth-order valence-corrected chi connectivity index (χ4v) is 6.49. The molecule has 1 unspecified atom stereocenters. The zero-order chi connectivity index (χ0) is 16.3. The van der Waals surface area contributed by atoms with E-state index in [9.17, 15) is 0 Å². The molecule has 0 saturated heterocycles. The molecule has 0 heterocycles. The fourth-order valence-electron chi connectivity index (χ4n) is 3.36. The predicted molar refractivity (Wildman–Crippen MR) is 105 cm³/mol. The van der Waals surface area contributed by atoms with Crippen LogP contribution in [0.15, 0.2) is 49.0 Å². The number of hydrogen-bond donors (Lipinski definition) is 0. The number of benzene rings is 2. The third-order valence-electron chi connectivity index (χ3n) is 4.34. The van der Waals surface area contributed by atoms with E-state index in [1.165, 1.54) is 32.9 Å². The highest BCUT2D eigenvalue weighted by molar-refractivity contribution is 7.89. The van der Waals surface area contributed by atoms with Crippen LogP contribution in [-0.2, 0) is 0 Å². The first-order valence-electron chi connectivity index (χ1n) is 7.96. The summed E-state index contributed by atoms with van der Waals surface area (Å²) in [6.45, 7) is 11.7. The monoisotopic (exact) mass is 310 g/mol. The molecule has 0 amide bonds. The van der Waals surface area contributed by atoms with Crippen molar-refractivity contribution in [1.29, 1.82) is 0 Å². The highest BCUT2D eigenvalue weighted by atomic mass is 31.2. The Morgan fingerprint density at radius 2 is 1.55 bits per heavy atom. The average molecular weight is 310 g/mol. The summed E-state index contributed by atoms with van der Waals surface area (Å²) in [5, 5.41) is 2.61. The molecule has 2 rings (SSSR count). The Balaban J connectivity index is 2.60. The van der Waals surface area contributed by atoms with E-state index in [-0.39, 0.29) is 0 Å². The van der Waals surface area contributed by atoms with Crippen LogP contribution in [0.5, 0.6) is 0 Å². The van der Waals surface area contributed by atoms with Crippen LogP contribution in [0, 0.1) is 20.8 Å². The summed E-state index contributed by atoms with van der Waals surface area (Å²) in [7, 11) is 0. The van der Waals surface area contributed by atoms with Crippen LogP contribution in [0.1, 0.15) is 35.6 Å². The van der Waals surface area contributed by atoms with Gasteiger partial charge in [-0.1, -0.05) is 81.1 Å². The molecule has 0 aromatic heterocycles. The van der Waals surface area contributed by atoms with Crippen LogP contribution >= 0.6 is 6.89 Å². The molecule has 1 heteroatoms. The molecule has 0 spiro atoms. The number of rotatable bonds is 5. The van der Waals surface area contributed by atoms with Crippen molar-refractivity contribution >= 4 is 23.8 Å². The molecular formula is C21H27P. The van der Waals surface area contributed by atoms with Crippen molar-refractivity contribution in [1.82, 2.24) is 0 Å². The van der Waals surface area contributed by atoms with E-state index in [1.807, 2.05) is 0 Å². The second kappa shape index (κ2) is 6.71. The minimum atomic E-state index is -1.65. The van der Waals surface area contributed by atoms with Crippen molar-refractivity contribution < 1.29 is 0 Å². The molecule has 0 nitrogen and oxygen atoms in total. The Hall–Kier alpha value is -1.52. The van der Waals surface area contributed by atoms with Gasteiger partial charge in [-0.2, -0.15) is 0 Å². The Labute approximate surface area is 135 Å². The standard InChI is InChI=1S/C21H27P/c1-7-13-22(6,20-11-9-8-10-12-20)19(5)21-17(3)14-16(2)15-18(21)4/h8-12,14-15H,5-7,13H2,1-4H3. The van der Waals surface area contributed by atoms with Crippen molar-refractivity contribution in [2.24, 2.45) is 0 Å². The molecule has 1 atom stereocenters. The lowest BCUT2D eigenvalue weighted by atomic mass is 10.00. The van der Waals surface area contributed by atoms with E-state index in [1.54, 1.807) is 0 Å². The second-order valence-electron chi connectivity index (χ2n) is 6.25. The van der Waals surface area contributed by atoms with Gasteiger partial charge < -0.3 is 0 Å². The Kier molecular flexibility index (Phi) is 5.14. The maximum absolute atomic E-state index is 4.72. The highest BCUT2D eigenvalue weighted by Crippen LogP contribution is 2.57. The van der Waals surface area contributed by atoms with E-state index in [0.29, 0.717) is 0 Å². The summed E-state index contributed by atoms with van der Waals surface area (Å²) in [4.78, 5) is 0. The molecule has 0 bridgehead atoms. The summed E-state index contributed by atoms with van der Waals surface area (Å²) in [5.74, 6) is 0. The molecule has 2 aromatic rings. The van der Waals surface area contributed by atoms with Gasteiger partial charge in [0.05, 0.1) is 0 Å². The topological polar surface area (TPSA) is 0 Å². The molecular weight excluding hydrogens is 283 g/mol. The van der Waals surface area contributed by atoms with Gasteiger partial charge in [-0.15, -0.1) is 0 Å². The fraction of sp³-hybridized carbons (Fsp3) is 0.286. The molecule has 22 heavy (non-hydrogen) atoms. The first-order chi connectivity index (χ1) is 10.4. The minimum Gasteiger partial charge on any atom is -0.0926 e.